The van der Waals surface area contributed by atoms with Gasteiger partial charge < -0.3 is 29.7 Å². The maximum atomic E-state index is 14.0. The van der Waals surface area contributed by atoms with Crippen LogP contribution < -0.4 is 20.7 Å². The van der Waals surface area contributed by atoms with E-state index in [2.05, 4.69) is 77.1 Å². The largest absolute Gasteiger partial charge is 0.381 e. The molecule has 3 aromatic rings. The first-order valence-electron chi connectivity index (χ1n) is 17.2. The summed E-state index contributed by atoms with van der Waals surface area (Å²) in [6, 6.07) is 13.6. The first kappa shape index (κ1) is 32.3. The van der Waals surface area contributed by atoms with Crippen molar-refractivity contribution in [1.82, 2.24) is 15.2 Å². The van der Waals surface area contributed by atoms with E-state index >= 15 is 0 Å². The summed E-state index contributed by atoms with van der Waals surface area (Å²) in [5, 5.41) is 3.09. The molecule has 0 aliphatic carbocycles. The predicted octanol–water partition coefficient (Wildman–Crippen LogP) is 5.71. The number of H-pyrrole nitrogens is 1. The standard InChI is InChI=1S/C38H51N5O3/c1-7-42-15-13-38(14-16-42)24-41(6)35-21-28(9-10-33(35)38)29-20-31(36(44)39-23-32-25(3)19-26(4)40-37(32)45)27(5)34(22-29)43(8-2)30-11-17-46-18-12-30/h9-10,19-22,30H,7-8,11-18,23-24H2,1-6H3,(H,39,44)(H,40,45). The number of piperidine rings is 1. The van der Waals surface area contributed by atoms with Crippen molar-refractivity contribution in [2.45, 2.75) is 78.3 Å². The number of amides is 1. The topological polar surface area (TPSA) is 80.9 Å². The first-order valence-corrected chi connectivity index (χ1v) is 17.2. The van der Waals surface area contributed by atoms with Crippen LogP contribution in [0.3, 0.4) is 0 Å². The number of carbonyl (C=O) groups excluding carboxylic acids is 1. The number of rotatable bonds is 8. The Morgan fingerprint density at radius 2 is 1.78 bits per heavy atom. The van der Waals surface area contributed by atoms with Crippen molar-refractivity contribution >= 4 is 17.3 Å². The van der Waals surface area contributed by atoms with E-state index in [1.807, 2.05) is 26.0 Å². The molecular weight excluding hydrogens is 574 g/mol. The summed E-state index contributed by atoms with van der Waals surface area (Å²) < 4.78 is 5.70. The number of carbonyl (C=O) groups is 1. The zero-order valence-corrected chi connectivity index (χ0v) is 28.6. The van der Waals surface area contributed by atoms with Crippen LogP contribution >= 0.6 is 0 Å². The van der Waals surface area contributed by atoms with Crippen molar-refractivity contribution in [2.75, 3.05) is 62.8 Å². The van der Waals surface area contributed by atoms with Crippen LogP contribution in [0.2, 0.25) is 0 Å². The third kappa shape index (κ3) is 6.09. The smallest absolute Gasteiger partial charge is 0.253 e. The lowest BCUT2D eigenvalue weighted by Crippen LogP contribution is -2.44. The van der Waals surface area contributed by atoms with E-state index in [0.29, 0.717) is 17.2 Å². The van der Waals surface area contributed by atoms with Crippen molar-refractivity contribution < 1.29 is 9.53 Å². The van der Waals surface area contributed by atoms with Crippen LogP contribution in [0, 0.1) is 20.8 Å². The zero-order chi connectivity index (χ0) is 32.6. The lowest BCUT2D eigenvalue weighted by molar-refractivity contribution is 0.0846. The highest BCUT2D eigenvalue weighted by atomic mass is 16.5. The second-order valence-electron chi connectivity index (χ2n) is 13.7. The van der Waals surface area contributed by atoms with Gasteiger partial charge in [0.15, 0.2) is 0 Å². The molecule has 246 valence electrons. The number of aromatic nitrogens is 1. The number of nitrogens with zero attached hydrogens (tertiary/aromatic N) is 3. The van der Waals surface area contributed by atoms with Gasteiger partial charge in [0.1, 0.15) is 0 Å². The Bertz CT molecular complexity index is 1650. The Morgan fingerprint density at radius 1 is 1.04 bits per heavy atom. The van der Waals surface area contributed by atoms with Crippen molar-refractivity contribution in [2.24, 2.45) is 0 Å². The fourth-order valence-electron chi connectivity index (χ4n) is 8.21. The molecule has 2 N–H and O–H groups in total. The predicted molar refractivity (Wildman–Crippen MR) is 187 cm³/mol. The van der Waals surface area contributed by atoms with Crippen LogP contribution in [-0.4, -0.2) is 74.8 Å². The molecule has 2 fully saturated rings. The van der Waals surface area contributed by atoms with Crippen LogP contribution in [0.1, 0.15) is 77.8 Å². The van der Waals surface area contributed by atoms with E-state index in [9.17, 15) is 9.59 Å². The number of hydrogen-bond acceptors (Lipinski definition) is 6. The molecule has 2 aromatic carbocycles. The van der Waals surface area contributed by atoms with Crippen molar-refractivity contribution in [1.29, 1.82) is 0 Å². The van der Waals surface area contributed by atoms with E-state index in [0.717, 1.165) is 92.4 Å². The Hall–Kier alpha value is -3.62. The van der Waals surface area contributed by atoms with Crippen molar-refractivity contribution in [3.05, 3.63) is 80.3 Å². The number of hydrogen-bond donors (Lipinski definition) is 2. The molecule has 6 rings (SSSR count). The molecule has 4 heterocycles. The fraction of sp³-hybridized carbons (Fsp3) is 0.526. The number of likely N-dealkylation sites (tertiary alicyclic amines) is 1. The molecule has 0 radical (unpaired) electrons. The van der Waals surface area contributed by atoms with Crippen LogP contribution in [0.25, 0.3) is 11.1 Å². The molecule has 0 bridgehead atoms. The van der Waals surface area contributed by atoms with Gasteiger partial charge in [0.2, 0.25) is 0 Å². The Morgan fingerprint density at radius 3 is 2.46 bits per heavy atom. The highest BCUT2D eigenvalue weighted by Gasteiger charge is 2.43. The minimum absolute atomic E-state index is 0.152. The van der Waals surface area contributed by atoms with Gasteiger partial charge in [0.25, 0.3) is 11.5 Å². The van der Waals surface area contributed by atoms with Gasteiger partial charge in [0, 0.05) is 79.5 Å². The lowest BCUT2D eigenvalue weighted by atomic mass is 9.74. The molecule has 0 atom stereocenters. The third-order valence-corrected chi connectivity index (χ3v) is 10.9. The molecule has 46 heavy (non-hydrogen) atoms. The molecule has 2 saturated heterocycles. The Balaban J connectivity index is 1.38. The molecule has 0 unspecified atom stereocenters. The normalized spacial score (nSPS) is 18.2. The average Bonchev–Trinajstić information content (AvgIpc) is 3.32. The summed E-state index contributed by atoms with van der Waals surface area (Å²) in [5.74, 6) is -0.164. The van der Waals surface area contributed by atoms with E-state index in [1.165, 1.54) is 24.1 Å². The molecule has 1 aromatic heterocycles. The molecule has 8 heteroatoms. The van der Waals surface area contributed by atoms with E-state index in [1.54, 1.807) is 0 Å². The average molecular weight is 626 g/mol. The minimum Gasteiger partial charge on any atom is -0.381 e. The second-order valence-corrected chi connectivity index (χ2v) is 13.7. The minimum atomic E-state index is -0.164. The number of aromatic amines is 1. The Kier molecular flexibility index (Phi) is 9.31. The molecular formula is C38H51N5O3. The number of ether oxygens (including phenoxy) is 1. The number of fused-ring (bicyclic) bond motifs is 2. The first-order chi connectivity index (χ1) is 22.1. The van der Waals surface area contributed by atoms with Crippen molar-refractivity contribution in [3.8, 4) is 11.1 Å². The molecule has 3 aliphatic heterocycles. The molecule has 1 amide bonds. The van der Waals surface area contributed by atoms with Gasteiger partial charge in [-0.25, -0.2) is 0 Å². The van der Waals surface area contributed by atoms with Gasteiger partial charge in [-0.3, -0.25) is 9.59 Å². The zero-order valence-electron chi connectivity index (χ0n) is 28.6. The summed E-state index contributed by atoms with van der Waals surface area (Å²) in [5.41, 5.74) is 9.99. The van der Waals surface area contributed by atoms with Crippen LogP contribution in [0.4, 0.5) is 11.4 Å². The van der Waals surface area contributed by atoms with Crippen LogP contribution in [0.5, 0.6) is 0 Å². The number of likely N-dealkylation sites (N-methyl/N-ethyl adjacent to an activating group) is 1. The summed E-state index contributed by atoms with van der Waals surface area (Å²) in [6.45, 7) is 17.3. The second kappa shape index (κ2) is 13.2. The van der Waals surface area contributed by atoms with Gasteiger partial charge in [-0.15, -0.1) is 0 Å². The number of nitrogens with one attached hydrogen (secondary N) is 2. The SMILES string of the molecule is CCN1CCC2(CC1)CN(C)c1cc(-c3cc(C(=O)NCc4c(C)cc(C)[nH]c4=O)c(C)c(N(CC)C4CCOCC4)c3)ccc12. The maximum Gasteiger partial charge on any atom is 0.253 e. The lowest BCUT2D eigenvalue weighted by Gasteiger charge is -2.39. The summed E-state index contributed by atoms with van der Waals surface area (Å²) in [6.07, 6.45) is 4.32. The summed E-state index contributed by atoms with van der Waals surface area (Å²) >= 11 is 0. The van der Waals surface area contributed by atoms with Gasteiger partial charge in [-0.2, -0.15) is 0 Å². The molecule has 8 nitrogen and oxygen atoms in total. The number of benzene rings is 2. The van der Waals surface area contributed by atoms with E-state index in [-0.39, 0.29) is 23.4 Å². The highest BCUT2D eigenvalue weighted by molar-refractivity contribution is 5.99. The number of anilines is 2. The number of pyridine rings is 1. The molecule has 3 aliphatic rings. The third-order valence-electron chi connectivity index (χ3n) is 10.9. The monoisotopic (exact) mass is 625 g/mol. The van der Waals surface area contributed by atoms with Crippen LogP contribution in [-0.2, 0) is 16.7 Å². The quantitative estimate of drug-likeness (QED) is 0.334. The van der Waals surface area contributed by atoms with E-state index < -0.39 is 0 Å². The summed E-state index contributed by atoms with van der Waals surface area (Å²) in [4.78, 5) is 37.0. The summed E-state index contributed by atoms with van der Waals surface area (Å²) in [7, 11) is 2.22. The van der Waals surface area contributed by atoms with Gasteiger partial charge in [-0.05, 0) is 125 Å². The molecule has 1 spiro atoms. The van der Waals surface area contributed by atoms with E-state index in [4.69, 9.17) is 4.74 Å². The van der Waals surface area contributed by atoms with Crippen molar-refractivity contribution in [3.63, 3.8) is 0 Å². The van der Waals surface area contributed by atoms with Gasteiger partial charge in [-0.1, -0.05) is 19.1 Å². The maximum absolute atomic E-state index is 14.0. The molecule has 0 saturated carbocycles. The van der Waals surface area contributed by atoms with Crippen LogP contribution in [0.15, 0.2) is 41.2 Å². The van der Waals surface area contributed by atoms with Gasteiger partial charge >= 0.3 is 0 Å². The highest BCUT2D eigenvalue weighted by Crippen LogP contribution is 2.48. The fourth-order valence-corrected chi connectivity index (χ4v) is 8.21. The Labute approximate surface area is 274 Å². The van der Waals surface area contributed by atoms with Gasteiger partial charge in [0.05, 0.1) is 0 Å². The number of aryl methyl sites for hydroxylation is 2.